The summed E-state index contributed by atoms with van der Waals surface area (Å²) in [6.45, 7) is 0.539. The number of anilines is 1. The Labute approximate surface area is 197 Å². The maximum absolute atomic E-state index is 15.0. The number of ether oxygens (including phenoxy) is 1. The molecule has 1 saturated heterocycles. The number of halogens is 2. The summed E-state index contributed by atoms with van der Waals surface area (Å²) in [5, 5.41) is 1.71. The Morgan fingerprint density at radius 2 is 2.18 bits per heavy atom. The lowest BCUT2D eigenvalue weighted by Gasteiger charge is -2.54. The number of amidine groups is 1. The van der Waals surface area contributed by atoms with E-state index >= 15 is 0 Å². The van der Waals surface area contributed by atoms with Crippen molar-refractivity contribution in [1.29, 1.82) is 0 Å². The van der Waals surface area contributed by atoms with Crippen molar-refractivity contribution >= 4 is 28.0 Å². The number of pyridine rings is 1. The highest BCUT2D eigenvalue weighted by molar-refractivity contribution is 8.26. The van der Waals surface area contributed by atoms with Crippen LogP contribution in [-0.4, -0.2) is 49.1 Å². The molecule has 5 N–H and O–H groups in total. The van der Waals surface area contributed by atoms with Crippen LogP contribution in [0.2, 0.25) is 0 Å². The maximum atomic E-state index is 15.0. The summed E-state index contributed by atoms with van der Waals surface area (Å²) in [7, 11) is -3.57. The molecule has 3 heterocycles. The van der Waals surface area contributed by atoms with Crippen molar-refractivity contribution in [2.75, 3.05) is 18.6 Å². The molecule has 2 aliphatic heterocycles. The molecule has 0 spiro atoms. The zero-order valence-electron chi connectivity index (χ0n) is 18.3. The molecule has 0 unspecified atom stereocenters. The average molecular weight is 491 g/mol. The zero-order valence-corrected chi connectivity index (χ0v) is 19.1. The normalized spacial score (nSPS) is 27.9. The van der Waals surface area contributed by atoms with Crippen molar-refractivity contribution in [2.45, 2.75) is 35.3 Å². The second-order valence-corrected chi connectivity index (χ2v) is 10.9. The summed E-state index contributed by atoms with van der Waals surface area (Å²) in [6.07, 6.45) is 6.80. The van der Waals surface area contributed by atoms with Gasteiger partial charge in [0.05, 0.1) is 11.4 Å². The van der Waals surface area contributed by atoms with Gasteiger partial charge in [0.2, 0.25) is 0 Å². The monoisotopic (exact) mass is 490 g/mol. The maximum Gasteiger partial charge on any atom is 0.274 e. The van der Waals surface area contributed by atoms with Gasteiger partial charge < -0.3 is 15.8 Å². The number of aromatic nitrogens is 1. The first kappa shape index (κ1) is 23.9. The number of alkyl halides is 1. The summed E-state index contributed by atoms with van der Waals surface area (Å²) >= 11 is 0. The highest BCUT2D eigenvalue weighted by atomic mass is 32.3. The van der Waals surface area contributed by atoms with E-state index in [0.717, 1.165) is 6.07 Å². The molecule has 0 radical (unpaired) electrons. The summed E-state index contributed by atoms with van der Waals surface area (Å²) in [6, 6.07) is 6.86. The van der Waals surface area contributed by atoms with E-state index in [0.29, 0.717) is 5.75 Å². The summed E-state index contributed by atoms with van der Waals surface area (Å²) in [4.78, 5) is 21.1. The van der Waals surface area contributed by atoms with Gasteiger partial charge in [0.25, 0.3) is 5.91 Å². The van der Waals surface area contributed by atoms with Crippen LogP contribution in [0.3, 0.4) is 0 Å². The SMILES string of the molecule is C#CCOc1ccc(C(=O)Nc2ccc(F)c([C@@]3(C)N=C(N)[C@@]4(CF)CC[C@@H]3S4(O)O)c2)nc1. The number of benzene rings is 1. The third-order valence-electron chi connectivity index (χ3n) is 6.51. The molecule has 2 bridgehead atoms. The van der Waals surface area contributed by atoms with Crippen LogP contribution < -0.4 is 15.8 Å². The number of carbonyl (C=O) groups excluding carboxylic acids is 1. The van der Waals surface area contributed by atoms with E-state index < -0.39 is 44.5 Å². The molecule has 0 aliphatic carbocycles. The average Bonchev–Trinajstić information content (AvgIpc) is 3.02. The fourth-order valence-electron chi connectivity index (χ4n) is 4.62. The first-order chi connectivity index (χ1) is 16.1. The minimum absolute atomic E-state index is 0.0126. The molecule has 2 aromatic rings. The molecule has 180 valence electrons. The van der Waals surface area contributed by atoms with Gasteiger partial charge in [-0.05, 0) is 50.1 Å². The number of fused-ring (bicyclic) bond motifs is 2. The Bertz CT molecular complexity index is 1200. The number of nitrogens with two attached hydrogens (primary N) is 1. The van der Waals surface area contributed by atoms with E-state index in [-0.39, 0.29) is 42.2 Å². The first-order valence-corrected chi connectivity index (χ1v) is 12.0. The lowest BCUT2D eigenvalue weighted by atomic mass is 9.86. The predicted molar refractivity (Wildman–Crippen MR) is 126 cm³/mol. The minimum atomic E-state index is -3.57. The fourth-order valence-corrected chi connectivity index (χ4v) is 7.36. The highest BCUT2D eigenvalue weighted by Gasteiger charge is 2.65. The number of nitrogens with one attached hydrogen (secondary N) is 1. The Kier molecular flexibility index (Phi) is 6.01. The topological polar surface area (TPSA) is 130 Å². The Morgan fingerprint density at radius 3 is 2.82 bits per heavy atom. The number of amides is 1. The van der Waals surface area contributed by atoms with Gasteiger partial charge in [-0.25, -0.2) is 13.8 Å². The number of rotatable bonds is 6. The van der Waals surface area contributed by atoms with Crippen molar-refractivity contribution < 1.29 is 27.4 Å². The third kappa shape index (κ3) is 3.58. The molecule has 1 aromatic heterocycles. The third-order valence-corrected chi connectivity index (χ3v) is 9.67. The number of aliphatic imine (C=N–C) groups is 1. The van der Waals surface area contributed by atoms with Crippen molar-refractivity contribution in [3.8, 4) is 18.1 Å². The van der Waals surface area contributed by atoms with Gasteiger partial charge in [-0.15, -0.1) is 6.42 Å². The summed E-state index contributed by atoms with van der Waals surface area (Å²) < 4.78 is 54.3. The number of hydrogen-bond donors (Lipinski definition) is 4. The lowest BCUT2D eigenvalue weighted by molar-refractivity contribution is 0.102. The van der Waals surface area contributed by atoms with Crippen LogP contribution in [0.25, 0.3) is 0 Å². The standard InChI is InChI=1S/C23H24F2N4O4S/c1-3-10-33-15-5-7-18(27-12-15)20(30)28-14-4-6-17(25)16(11-14)22(2)19-8-9-23(13-24,21(26)29-22)34(19,31)32/h1,4-7,11-12,19,31-32H,8-10,13H2,2H3,(H2,26,29)(H,28,30)/t19-,22+,23-/m0/s1. The quantitative estimate of drug-likeness (QED) is 0.457. The molecular weight excluding hydrogens is 466 g/mol. The zero-order chi connectivity index (χ0) is 24.7. The molecule has 3 atom stereocenters. The van der Waals surface area contributed by atoms with Gasteiger partial charge in [0.15, 0.2) is 0 Å². The number of nitrogens with zero attached hydrogens (tertiary/aromatic N) is 2. The second kappa shape index (κ2) is 8.54. The van der Waals surface area contributed by atoms with E-state index in [2.05, 4.69) is 21.2 Å². The van der Waals surface area contributed by atoms with Gasteiger partial charge in [0.1, 0.15) is 46.7 Å². The van der Waals surface area contributed by atoms with E-state index in [1.165, 1.54) is 37.4 Å². The molecule has 2 aliphatic rings. The van der Waals surface area contributed by atoms with Crippen molar-refractivity contribution in [1.82, 2.24) is 4.98 Å². The molecule has 0 saturated carbocycles. The van der Waals surface area contributed by atoms with Crippen LogP contribution in [0.1, 0.15) is 35.8 Å². The molecule has 11 heteroatoms. The van der Waals surface area contributed by atoms with E-state index in [4.69, 9.17) is 16.9 Å². The van der Waals surface area contributed by atoms with Gasteiger partial charge in [-0.1, -0.05) is 5.92 Å². The van der Waals surface area contributed by atoms with E-state index in [1.807, 2.05) is 0 Å². The molecule has 8 nitrogen and oxygen atoms in total. The number of carbonyl (C=O) groups is 1. The van der Waals surface area contributed by atoms with Crippen LogP contribution in [0.15, 0.2) is 41.5 Å². The number of terminal acetylenes is 1. The van der Waals surface area contributed by atoms with Crippen LogP contribution in [0, 0.1) is 18.2 Å². The fraction of sp³-hybridized carbons (Fsp3) is 0.348. The minimum Gasteiger partial charge on any atom is -0.479 e. The molecule has 34 heavy (non-hydrogen) atoms. The number of hydrogen-bond acceptors (Lipinski definition) is 7. The smallest absolute Gasteiger partial charge is 0.274 e. The van der Waals surface area contributed by atoms with Gasteiger partial charge in [-0.3, -0.25) is 18.9 Å². The van der Waals surface area contributed by atoms with Crippen molar-refractivity contribution in [2.24, 2.45) is 10.7 Å². The molecular formula is C23H24F2N4O4S. The van der Waals surface area contributed by atoms with Crippen LogP contribution >= 0.6 is 10.6 Å². The first-order valence-electron chi connectivity index (χ1n) is 10.4. The van der Waals surface area contributed by atoms with Crippen LogP contribution in [0.4, 0.5) is 14.5 Å². The van der Waals surface area contributed by atoms with Crippen molar-refractivity contribution in [3.05, 3.63) is 53.6 Å². The Balaban J connectivity index is 1.64. The summed E-state index contributed by atoms with van der Waals surface area (Å²) in [5.74, 6) is 1.26. The lowest BCUT2D eigenvalue weighted by Crippen LogP contribution is -2.55. The Hall–Kier alpha value is -3.20. The van der Waals surface area contributed by atoms with Crippen molar-refractivity contribution in [3.63, 3.8) is 0 Å². The summed E-state index contributed by atoms with van der Waals surface area (Å²) in [5.41, 5.74) is 4.90. The van der Waals surface area contributed by atoms with Gasteiger partial charge in [-0.2, -0.15) is 10.6 Å². The molecule has 1 aromatic carbocycles. The van der Waals surface area contributed by atoms with E-state index in [1.54, 1.807) is 0 Å². The van der Waals surface area contributed by atoms with E-state index in [9.17, 15) is 22.7 Å². The largest absolute Gasteiger partial charge is 0.479 e. The van der Waals surface area contributed by atoms with Gasteiger partial charge >= 0.3 is 0 Å². The van der Waals surface area contributed by atoms with Crippen LogP contribution in [0.5, 0.6) is 5.75 Å². The second-order valence-electron chi connectivity index (χ2n) is 8.41. The Morgan fingerprint density at radius 1 is 1.41 bits per heavy atom. The predicted octanol–water partition coefficient (Wildman–Crippen LogP) is 3.69. The molecule has 1 fully saturated rings. The van der Waals surface area contributed by atoms with Gasteiger partial charge in [0, 0.05) is 11.3 Å². The highest BCUT2D eigenvalue weighted by Crippen LogP contribution is 2.71. The van der Waals surface area contributed by atoms with Crippen LogP contribution in [-0.2, 0) is 5.54 Å². The molecule has 1 amide bonds. The molecule has 4 rings (SSSR count).